The summed E-state index contributed by atoms with van der Waals surface area (Å²) in [6.45, 7) is 2.57. The number of ether oxygens (including phenoxy) is 1. The maximum atomic E-state index is 11.7. The van der Waals surface area contributed by atoms with Crippen molar-refractivity contribution in [2.45, 2.75) is 6.92 Å². The number of hydrogen-bond acceptors (Lipinski definition) is 4. The van der Waals surface area contributed by atoms with Gasteiger partial charge in [0.2, 0.25) is 5.78 Å². The van der Waals surface area contributed by atoms with Gasteiger partial charge >= 0.3 is 0 Å². The van der Waals surface area contributed by atoms with E-state index in [0.29, 0.717) is 6.61 Å². The van der Waals surface area contributed by atoms with Crippen molar-refractivity contribution in [1.82, 2.24) is 0 Å². The van der Waals surface area contributed by atoms with E-state index in [1.807, 2.05) is 49.4 Å². The van der Waals surface area contributed by atoms with Crippen LogP contribution in [0.5, 0.6) is 0 Å². The van der Waals surface area contributed by atoms with E-state index in [4.69, 9.17) is 16.2 Å². The highest BCUT2D eigenvalue weighted by Gasteiger charge is 1.98. The van der Waals surface area contributed by atoms with Crippen LogP contribution in [0.4, 0.5) is 0 Å². The fourth-order valence-electron chi connectivity index (χ4n) is 1.59. The predicted octanol–water partition coefficient (Wildman–Crippen LogP) is 2.63. The molecule has 0 aliphatic carbocycles. The third-order valence-electron chi connectivity index (χ3n) is 2.76. The van der Waals surface area contributed by atoms with Gasteiger partial charge in [0.1, 0.15) is 0 Å². The Balaban J connectivity index is 2.62. The van der Waals surface area contributed by atoms with Crippen LogP contribution in [-0.4, -0.2) is 19.1 Å². The first-order valence-corrected chi connectivity index (χ1v) is 7.02. The monoisotopic (exact) mass is 298 g/mol. The predicted molar refractivity (Wildman–Crippen MR) is 91.6 cm³/mol. The summed E-state index contributed by atoms with van der Waals surface area (Å²) in [6.07, 6.45) is 12.2. The topological polar surface area (TPSA) is 78.3 Å². The second kappa shape index (κ2) is 10.3. The van der Waals surface area contributed by atoms with Crippen molar-refractivity contribution in [3.63, 3.8) is 0 Å². The lowest BCUT2D eigenvalue weighted by atomic mass is 10.1. The number of benzene rings is 1. The summed E-state index contributed by atoms with van der Waals surface area (Å²) in [5.41, 5.74) is 13.1. The average molecular weight is 298 g/mol. The number of ketones is 1. The lowest BCUT2D eigenvalue weighted by molar-refractivity contribution is -0.111. The first-order valence-electron chi connectivity index (χ1n) is 7.02. The van der Waals surface area contributed by atoms with Gasteiger partial charge in [0, 0.05) is 0 Å². The lowest BCUT2D eigenvalue weighted by Gasteiger charge is -1.97. The molecule has 116 valence electrons. The smallest absolute Gasteiger partial charge is 0.201 e. The van der Waals surface area contributed by atoms with Crippen molar-refractivity contribution in [2.24, 2.45) is 11.5 Å². The Kier molecular flexibility index (Phi) is 8.27. The molecular weight excluding hydrogens is 276 g/mol. The molecular formula is C18H22N2O2. The molecule has 0 heterocycles. The van der Waals surface area contributed by atoms with Gasteiger partial charge in [-0.1, -0.05) is 54.6 Å². The lowest BCUT2D eigenvalue weighted by Crippen LogP contribution is -2.07. The first-order chi connectivity index (χ1) is 10.7. The molecule has 0 saturated heterocycles. The van der Waals surface area contributed by atoms with Crippen LogP contribution in [-0.2, 0) is 9.53 Å². The molecule has 0 amide bonds. The van der Waals surface area contributed by atoms with Crippen LogP contribution in [0, 0.1) is 0 Å². The van der Waals surface area contributed by atoms with E-state index >= 15 is 0 Å². The summed E-state index contributed by atoms with van der Waals surface area (Å²) in [6, 6.07) is 7.78. The van der Waals surface area contributed by atoms with E-state index in [0.717, 1.165) is 11.1 Å². The van der Waals surface area contributed by atoms with Gasteiger partial charge in [-0.2, -0.15) is 0 Å². The molecule has 0 spiro atoms. The number of nitrogens with two attached hydrogens (primary N) is 2. The van der Waals surface area contributed by atoms with Gasteiger partial charge in [-0.25, -0.2) is 0 Å². The molecule has 1 aromatic rings. The molecule has 4 heteroatoms. The van der Waals surface area contributed by atoms with Crippen LogP contribution in [0.2, 0.25) is 0 Å². The fraction of sp³-hybridized carbons (Fsp3) is 0.167. The Bertz CT molecular complexity index is 582. The molecule has 1 aromatic carbocycles. The third-order valence-corrected chi connectivity index (χ3v) is 2.76. The molecule has 4 nitrogen and oxygen atoms in total. The Morgan fingerprint density at radius 2 is 1.82 bits per heavy atom. The van der Waals surface area contributed by atoms with Crippen LogP contribution in [0.15, 0.2) is 60.3 Å². The van der Waals surface area contributed by atoms with E-state index in [1.165, 1.54) is 6.08 Å². The largest absolute Gasteiger partial charge is 0.396 e. The number of allylic oxidation sites excluding steroid dienone is 4. The zero-order valence-corrected chi connectivity index (χ0v) is 12.7. The van der Waals surface area contributed by atoms with Crippen molar-refractivity contribution in [2.75, 3.05) is 13.3 Å². The summed E-state index contributed by atoms with van der Waals surface area (Å²) in [7, 11) is 0. The Labute approximate surface area is 131 Å². The van der Waals surface area contributed by atoms with Crippen molar-refractivity contribution in [1.29, 1.82) is 0 Å². The fourth-order valence-corrected chi connectivity index (χ4v) is 1.59. The maximum absolute atomic E-state index is 11.7. The molecule has 22 heavy (non-hydrogen) atoms. The molecule has 0 atom stereocenters. The minimum absolute atomic E-state index is 0.207. The SMILES string of the molecule is C/C=C\C=C(/N)C(=O)/C=C/c1ccc(/C=C/COCN)cc1. The van der Waals surface area contributed by atoms with E-state index in [9.17, 15) is 4.79 Å². The van der Waals surface area contributed by atoms with Crippen LogP contribution >= 0.6 is 0 Å². The summed E-state index contributed by atoms with van der Waals surface area (Å²) >= 11 is 0. The molecule has 0 aromatic heterocycles. The molecule has 0 aliphatic heterocycles. The Morgan fingerprint density at radius 3 is 2.41 bits per heavy atom. The van der Waals surface area contributed by atoms with Crippen molar-refractivity contribution < 1.29 is 9.53 Å². The van der Waals surface area contributed by atoms with Crippen molar-refractivity contribution >= 4 is 17.9 Å². The third kappa shape index (κ3) is 6.83. The second-order valence-corrected chi connectivity index (χ2v) is 4.45. The van der Waals surface area contributed by atoms with Gasteiger partial charge < -0.3 is 16.2 Å². The van der Waals surface area contributed by atoms with Crippen molar-refractivity contribution in [3.8, 4) is 0 Å². The highest BCUT2D eigenvalue weighted by molar-refractivity contribution is 6.05. The summed E-state index contributed by atoms with van der Waals surface area (Å²) in [5, 5.41) is 0. The molecule has 0 aliphatic rings. The minimum Gasteiger partial charge on any atom is -0.396 e. The van der Waals surface area contributed by atoms with Crippen LogP contribution < -0.4 is 11.5 Å². The quantitative estimate of drug-likeness (QED) is 0.335. The number of carbonyl (C=O) groups excluding carboxylic acids is 1. The van der Waals surface area contributed by atoms with Gasteiger partial charge in [0.05, 0.1) is 19.0 Å². The van der Waals surface area contributed by atoms with E-state index in [-0.39, 0.29) is 18.2 Å². The zero-order valence-electron chi connectivity index (χ0n) is 12.7. The standard InChI is InChI=1S/C18H22N2O2/c1-2-3-6-17(20)18(21)12-11-16-9-7-15(8-10-16)5-4-13-22-14-19/h2-12H,13-14,19-20H2,1H3/b3-2-,5-4+,12-11+,17-6-. The number of hydrogen-bond donors (Lipinski definition) is 2. The molecule has 0 radical (unpaired) electrons. The summed E-state index contributed by atoms with van der Waals surface area (Å²) in [4.78, 5) is 11.7. The average Bonchev–Trinajstić information content (AvgIpc) is 2.55. The number of carbonyl (C=O) groups is 1. The van der Waals surface area contributed by atoms with Crippen molar-refractivity contribution in [3.05, 3.63) is 71.5 Å². The van der Waals surface area contributed by atoms with E-state index in [2.05, 4.69) is 0 Å². The minimum atomic E-state index is -0.207. The van der Waals surface area contributed by atoms with Gasteiger partial charge in [0.25, 0.3) is 0 Å². The maximum Gasteiger partial charge on any atom is 0.201 e. The molecule has 0 bridgehead atoms. The Morgan fingerprint density at radius 1 is 1.18 bits per heavy atom. The summed E-state index contributed by atoms with van der Waals surface area (Å²) < 4.78 is 5.01. The van der Waals surface area contributed by atoms with Crippen LogP contribution in [0.1, 0.15) is 18.1 Å². The number of rotatable bonds is 8. The van der Waals surface area contributed by atoms with Gasteiger partial charge in [0.15, 0.2) is 0 Å². The molecule has 0 fully saturated rings. The Hall–Kier alpha value is -2.43. The van der Waals surface area contributed by atoms with E-state index in [1.54, 1.807) is 18.2 Å². The zero-order chi connectivity index (χ0) is 16.2. The summed E-state index contributed by atoms with van der Waals surface area (Å²) in [5.74, 6) is -0.207. The highest BCUT2D eigenvalue weighted by Crippen LogP contribution is 2.08. The molecule has 1 rings (SSSR count). The van der Waals surface area contributed by atoms with Crippen LogP contribution in [0.25, 0.3) is 12.2 Å². The molecule has 0 unspecified atom stereocenters. The first kappa shape index (κ1) is 17.6. The van der Waals surface area contributed by atoms with Gasteiger partial charge in [-0.05, 0) is 30.2 Å². The second-order valence-electron chi connectivity index (χ2n) is 4.45. The highest BCUT2D eigenvalue weighted by atomic mass is 16.5. The van der Waals surface area contributed by atoms with Crippen LogP contribution in [0.3, 0.4) is 0 Å². The van der Waals surface area contributed by atoms with Gasteiger partial charge in [-0.3, -0.25) is 4.79 Å². The normalized spacial score (nSPS) is 12.7. The van der Waals surface area contributed by atoms with E-state index < -0.39 is 0 Å². The molecule has 0 saturated carbocycles. The van der Waals surface area contributed by atoms with Gasteiger partial charge in [-0.15, -0.1) is 0 Å². The molecule has 4 N–H and O–H groups in total.